The summed E-state index contributed by atoms with van der Waals surface area (Å²) < 4.78 is 10.7. The van der Waals surface area contributed by atoms with Gasteiger partial charge in [0.05, 0.1) is 12.3 Å². The highest BCUT2D eigenvalue weighted by atomic mass is 16.5. The van der Waals surface area contributed by atoms with Crippen LogP contribution in [0.1, 0.15) is 38.5 Å². The van der Waals surface area contributed by atoms with Crippen LogP contribution in [0.2, 0.25) is 0 Å². The lowest BCUT2D eigenvalue weighted by Gasteiger charge is -2.29. The quantitative estimate of drug-likeness (QED) is 0.804. The van der Waals surface area contributed by atoms with E-state index in [-0.39, 0.29) is 6.03 Å². The third-order valence-electron chi connectivity index (χ3n) is 5.18. The molecule has 0 aromatic heterocycles. The predicted octanol–water partition coefficient (Wildman–Crippen LogP) is 3.90. The number of ether oxygens (including phenoxy) is 2. The number of amides is 2. The van der Waals surface area contributed by atoms with Crippen LogP contribution in [-0.4, -0.2) is 43.8 Å². The normalized spacial score (nSPS) is 21.2. The van der Waals surface area contributed by atoms with Crippen molar-refractivity contribution in [2.45, 2.75) is 44.6 Å². The van der Waals surface area contributed by atoms with E-state index < -0.39 is 0 Å². The second-order valence-electron chi connectivity index (χ2n) is 6.72. The van der Waals surface area contributed by atoms with E-state index in [1.54, 1.807) is 7.11 Å². The molecule has 0 bridgehead atoms. The van der Waals surface area contributed by atoms with Crippen LogP contribution in [0.4, 0.5) is 10.5 Å². The maximum atomic E-state index is 12.8. The first-order valence-corrected chi connectivity index (χ1v) is 9.08. The number of nitrogens with zero attached hydrogens (tertiary/aromatic N) is 1. The van der Waals surface area contributed by atoms with Gasteiger partial charge in [0, 0.05) is 19.7 Å². The van der Waals surface area contributed by atoms with E-state index in [9.17, 15) is 4.79 Å². The molecule has 1 unspecified atom stereocenters. The zero-order valence-electron chi connectivity index (χ0n) is 14.5. The molecule has 1 aliphatic heterocycles. The van der Waals surface area contributed by atoms with Gasteiger partial charge in [0.1, 0.15) is 12.4 Å². The van der Waals surface area contributed by atoms with Crippen molar-refractivity contribution in [2.24, 2.45) is 5.92 Å². The van der Waals surface area contributed by atoms with Crippen molar-refractivity contribution < 1.29 is 14.3 Å². The smallest absolute Gasteiger partial charge is 0.322 e. The van der Waals surface area contributed by atoms with E-state index in [1.807, 2.05) is 29.2 Å². The fraction of sp³-hybridized carbons (Fsp3) is 0.632. The third kappa shape index (κ3) is 4.01. The number of hydrogen-bond donors (Lipinski definition) is 1. The average Bonchev–Trinajstić information content (AvgIpc) is 3.27. The van der Waals surface area contributed by atoms with Gasteiger partial charge in [-0.25, -0.2) is 4.79 Å². The van der Waals surface area contributed by atoms with Crippen molar-refractivity contribution in [2.75, 3.05) is 32.2 Å². The fourth-order valence-corrected chi connectivity index (χ4v) is 3.99. The van der Waals surface area contributed by atoms with Crippen molar-refractivity contribution in [3.8, 4) is 5.75 Å². The predicted molar refractivity (Wildman–Crippen MR) is 94.5 cm³/mol. The Bertz CT molecular complexity index is 543. The van der Waals surface area contributed by atoms with Crippen molar-refractivity contribution in [3.63, 3.8) is 0 Å². The number of rotatable bonds is 6. The lowest BCUT2D eigenvalue weighted by molar-refractivity contribution is 0.146. The number of hydrogen-bond acceptors (Lipinski definition) is 3. The number of carbonyl (C=O) groups is 1. The van der Waals surface area contributed by atoms with Gasteiger partial charge in [0.2, 0.25) is 0 Å². The monoisotopic (exact) mass is 332 g/mol. The summed E-state index contributed by atoms with van der Waals surface area (Å²) in [6.45, 7) is 1.86. The van der Waals surface area contributed by atoms with E-state index in [2.05, 4.69) is 5.32 Å². The second kappa shape index (κ2) is 8.38. The molecule has 2 amide bonds. The van der Waals surface area contributed by atoms with Crippen molar-refractivity contribution in [3.05, 3.63) is 24.3 Å². The highest BCUT2D eigenvalue weighted by Crippen LogP contribution is 2.36. The Labute approximate surface area is 144 Å². The molecule has 2 aliphatic rings. The molecule has 5 nitrogen and oxygen atoms in total. The molecular formula is C19H28N2O3. The van der Waals surface area contributed by atoms with Gasteiger partial charge in [-0.05, 0) is 43.7 Å². The number of carbonyl (C=O) groups excluding carboxylic acids is 1. The number of anilines is 1. The topological polar surface area (TPSA) is 50.8 Å². The fourth-order valence-electron chi connectivity index (χ4n) is 3.99. The van der Waals surface area contributed by atoms with Gasteiger partial charge >= 0.3 is 6.03 Å². The summed E-state index contributed by atoms with van der Waals surface area (Å²) in [6, 6.07) is 8.01. The lowest BCUT2D eigenvalue weighted by Crippen LogP contribution is -2.42. The van der Waals surface area contributed by atoms with E-state index in [1.165, 1.54) is 25.7 Å². The van der Waals surface area contributed by atoms with Gasteiger partial charge in [0.25, 0.3) is 0 Å². The maximum Gasteiger partial charge on any atom is 0.322 e. The van der Waals surface area contributed by atoms with Crippen LogP contribution >= 0.6 is 0 Å². The minimum absolute atomic E-state index is 0.00666. The number of nitrogens with one attached hydrogen (secondary N) is 1. The molecule has 1 saturated carbocycles. The molecule has 24 heavy (non-hydrogen) atoms. The summed E-state index contributed by atoms with van der Waals surface area (Å²) >= 11 is 0. The zero-order chi connectivity index (χ0) is 16.8. The average molecular weight is 332 g/mol. The molecule has 1 saturated heterocycles. The van der Waals surface area contributed by atoms with Gasteiger partial charge in [-0.2, -0.15) is 0 Å². The summed E-state index contributed by atoms with van der Waals surface area (Å²) in [7, 11) is 1.65. The largest absolute Gasteiger partial charge is 0.489 e. The highest BCUT2D eigenvalue weighted by molar-refractivity contribution is 5.91. The Morgan fingerprint density at radius 3 is 2.75 bits per heavy atom. The summed E-state index contributed by atoms with van der Waals surface area (Å²) in [4.78, 5) is 14.8. The molecule has 1 aromatic carbocycles. The molecule has 5 heteroatoms. The minimum Gasteiger partial charge on any atom is -0.489 e. The lowest BCUT2D eigenvalue weighted by atomic mass is 9.96. The van der Waals surface area contributed by atoms with E-state index >= 15 is 0 Å². The van der Waals surface area contributed by atoms with Gasteiger partial charge < -0.3 is 19.7 Å². The summed E-state index contributed by atoms with van der Waals surface area (Å²) in [5, 5.41) is 3.05. The molecule has 132 valence electrons. The first-order chi connectivity index (χ1) is 11.8. The maximum absolute atomic E-state index is 12.8. The van der Waals surface area contributed by atoms with Crippen LogP contribution in [0.15, 0.2) is 24.3 Å². The molecule has 3 rings (SSSR count). The van der Waals surface area contributed by atoms with Crippen LogP contribution in [0.5, 0.6) is 5.75 Å². The molecular weight excluding hydrogens is 304 g/mol. The number of methoxy groups -OCH3 is 1. The molecule has 1 aliphatic carbocycles. The molecule has 1 aromatic rings. The number of para-hydroxylation sites is 2. The van der Waals surface area contributed by atoms with Crippen molar-refractivity contribution >= 4 is 11.7 Å². The number of benzene rings is 1. The second-order valence-corrected chi connectivity index (χ2v) is 6.72. The van der Waals surface area contributed by atoms with Crippen LogP contribution in [0.3, 0.4) is 0 Å². The van der Waals surface area contributed by atoms with Crippen molar-refractivity contribution in [1.82, 2.24) is 4.90 Å². The van der Waals surface area contributed by atoms with E-state index in [0.717, 1.165) is 25.1 Å². The SMILES string of the molecule is COCCOc1ccccc1NC(=O)N1CCCC1C1CCCC1. The Balaban J connectivity index is 1.63. The molecule has 0 radical (unpaired) electrons. The first kappa shape index (κ1) is 17.1. The first-order valence-electron chi connectivity index (χ1n) is 9.08. The Morgan fingerprint density at radius 2 is 1.96 bits per heavy atom. The molecule has 2 fully saturated rings. The molecule has 0 spiro atoms. The van der Waals surface area contributed by atoms with Crippen LogP contribution in [-0.2, 0) is 4.74 Å². The zero-order valence-corrected chi connectivity index (χ0v) is 14.5. The Hall–Kier alpha value is -1.75. The van der Waals surface area contributed by atoms with Gasteiger partial charge in [0.15, 0.2) is 0 Å². The Morgan fingerprint density at radius 1 is 1.17 bits per heavy atom. The molecule has 1 atom stereocenters. The number of likely N-dealkylation sites (tertiary alicyclic amines) is 1. The summed E-state index contributed by atoms with van der Waals surface area (Å²) in [6.07, 6.45) is 7.42. The van der Waals surface area contributed by atoms with E-state index in [0.29, 0.717) is 30.9 Å². The third-order valence-corrected chi connectivity index (χ3v) is 5.18. The van der Waals surface area contributed by atoms with Gasteiger partial charge in [-0.1, -0.05) is 25.0 Å². The van der Waals surface area contributed by atoms with Crippen LogP contribution in [0, 0.1) is 5.92 Å². The van der Waals surface area contributed by atoms with Gasteiger partial charge in [-0.15, -0.1) is 0 Å². The summed E-state index contributed by atoms with van der Waals surface area (Å²) in [5.41, 5.74) is 0.732. The van der Waals surface area contributed by atoms with Crippen molar-refractivity contribution in [1.29, 1.82) is 0 Å². The van der Waals surface area contributed by atoms with Crippen LogP contribution in [0.25, 0.3) is 0 Å². The number of urea groups is 1. The minimum atomic E-state index is 0.00666. The van der Waals surface area contributed by atoms with Crippen LogP contribution < -0.4 is 10.1 Å². The highest BCUT2D eigenvalue weighted by Gasteiger charge is 2.36. The summed E-state index contributed by atoms with van der Waals surface area (Å²) in [5.74, 6) is 1.38. The standard InChI is InChI=1S/C19H28N2O3/c1-23-13-14-24-18-11-5-4-9-16(18)20-19(22)21-12-6-10-17(21)15-7-2-3-8-15/h4-5,9,11,15,17H,2-3,6-8,10,12-14H2,1H3,(H,20,22). The Kier molecular flexibility index (Phi) is 5.96. The van der Waals surface area contributed by atoms with Gasteiger partial charge in [-0.3, -0.25) is 0 Å². The molecule has 1 heterocycles. The molecule has 1 N–H and O–H groups in total. The van der Waals surface area contributed by atoms with E-state index in [4.69, 9.17) is 9.47 Å².